The molecule has 108 valence electrons. The van der Waals surface area contributed by atoms with Crippen LogP contribution in [0.5, 0.6) is 11.5 Å². The molecule has 0 saturated carbocycles. The van der Waals surface area contributed by atoms with E-state index in [-0.39, 0.29) is 0 Å². The van der Waals surface area contributed by atoms with E-state index in [0.717, 1.165) is 5.56 Å². The molecule has 4 nitrogen and oxygen atoms in total. The second kappa shape index (κ2) is 6.62. The largest absolute Gasteiger partial charge is 0.493 e. The first-order valence-corrected chi connectivity index (χ1v) is 6.32. The monoisotopic (exact) mass is 286 g/mol. The van der Waals surface area contributed by atoms with Crippen molar-refractivity contribution in [2.45, 2.75) is 6.54 Å². The predicted octanol–water partition coefficient (Wildman–Crippen LogP) is 3.33. The summed E-state index contributed by atoms with van der Waals surface area (Å²) in [6.45, 7) is 0.434. The van der Waals surface area contributed by atoms with Gasteiger partial charge in [-0.2, -0.15) is 5.26 Å². The van der Waals surface area contributed by atoms with E-state index in [1.165, 1.54) is 6.07 Å². The maximum atomic E-state index is 13.7. The molecule has 0 bridgehead atoms. The third-order valence-corrected chi connectivity index (χ3v) is 3.03. The SMILES string of the molecule is COc1ccc(CNc2ccc(C#N)cc2F)cc1OC. The molecule has 0 aromatic heterocycles. The minimum absolute atomic E-state index is 0.296. The van der Waals surface area contributed by atoms with Gasteiger partial charge in [0, 0.05) is 6.54 Å². The van der Waals surface area contributed by atoms with E-state index in [1.54, 1.807) is 32.4 Å². The molecule has 5 heteroatoms. The normalized spacial score (nSPS) is 9.81. The molecule has 0 saturated heterocycles. The molecule has 0 radical (unpaired) electrons. The summed E-state index contributed by atoms with van der Waals surface area (Å²) >= 11 is 0. The highest BCUT2D eigenvalue weighted by molar-refractivity contribution is 5.50. The predicted molar refractivity (Wildman–Crippen MR) is 78.0 cm³/mol. The Kier molecular flexibility index (Phi) is 4.62. The zero-order valence-corrected chi connectivity index (χ0v) is 11.8. The first kappa shape index (κ1) is 14.7. The minimum Gasteiger partial charge on any atom is -0.493 e. The number of nitriles is 1. The van der Waals surface area contributed by atoms with Gasteiger partial charge in [0.25, 0.3) is 0 Å². The van der Waals surface area contributed by atoms with Crippen LogP contribution < -0.4 is 14.8 Å². The van der Waals surface area contributed by atoms with Crippen molar-refractivity contribution >= 4 is 5.69 Å². The fourth-order valence-corrected chi connectivity index (χ4v) is 1.92. The van der Waals surface area contributed by atoms with E-state index in [1.807, 2.05) is 18.2 Å². The molecule has 0 atom stereocenters. The van der Waals surface area contributed by atoms with Crippen molar-refractivity contribution < 1.29 is 13.9 Å². The van der Waals surface area contributed by atoms with Gasteiger partial charge in [0.15, 0.2) is 11.5 Å². The number of hydrogen-bond acceptors (Lipinski definition) is 4. The summed E-state index contributed by atoms with van der Waals surface area (Å²) in [5.74, 6) is 0.817. The van der Waals surface area contributed by atoms with E-state index >= 15 is 0 Å². The van der Waals surface area contributed by atoms with Crippen LogP contribution in [0.4, 0.5) is 10.1 Å². The lowest BCUT2D eigenvalue weighted by molar-refractivity contribution is 0.354. The van der Waals surface area contributed by atoms with Gasteiger partial charge in [-0.15, -0.1) is 0 Å². The molecule has 2 aromatic carbocycles. The molecule has 0 spiro atoms. The van der Waals surface area contributed by atoms with Crippen molar-refractivity contribution in [2.75, 3.05) is 19.5 Å². The second-order valence-corrected chi connectivity index (χ2v) is 4.35. The van der Waals surface area contributed by atoms with Gasteiger partial charge in [-0.05, 0) is 35.9 Å². The Labute approximate surface area is 122 Å². The lowest BCUT2D eigenvalue weighted by atomic mass is 10.1. The fraction of sp³-hybridized carbons (Fsp3) is 0.188. The fourth-order valence-electron chi connectivity index (χ4n) is 1.92. The molecular weight excluding hydrogens is 271 g/mol. The van der Waals surface area contributed by atoms with Crippen molar-refractivity contribution in [3.63, 3.8) is 0 Å². The average molecular weight is 286 g/mol. The number of nitrogens with zero attached hydrogens (tertiary/aromatic N) is 1. The van der Waals surface area contributed by atoms with Gasteiger partial charge in [0.1, 0.15) is 5.82 Å². The molecule has 1 N–H and O–H groups in total. The molecule has 0 aliphatic rings. The molecule has 2 rings (SSSR count). The Morgan fingerprint density at radius 3 is 2.48 bits per heavy atom. The van der Waals surface area contributed by atoms with Gasteiger partial charge in [-0.25, -0.2) is 4.39 Å². The van der Waals surface area contributed by atoms with E-state index < -0.39 is 5.82 Å². The van der Waals surface area contributed by atoms with Crippen LogP contribution in [-0.2, 0) is 6.54 Å². The zero-order chi connectivity index (χ0) is 15.2. The highest BCUT2D eigenvalue weighted by Crippen LogP contribution is 2.28. The Bertz CT molecular complexity index is 680. The highest BCUT2D eigenvalue weighted by Gasteiger charge is 2.06. The summed E-state index contributed by atoms with van der Waals surface area (Å²) in [6.07, 6.45) is 0. The third-order valence-electron chi connectivity index (χ3n) is 3.03. The van der Waals surface area contributed by atoms with Gasteiger partial charge in [-0.1, -0.05) is 6.07 Å². The summed E-state index contributed by atoms with van der Waals surface area (Å²) in [5, 5.41) is 11.7. The molecule has 0 unspecified atom stereocenters. The van der Waals surface area contributed by atoms with Crippen molar-refractivity contribution in [1.82, 2.24) is 0 Å². The van der Waals surface area contributed by atoms with Crippen LogP contribution in [-0.4, -0.2) is 14.2 Å². The van der Waals surface area contributed by atoms with Gasteiger partial charge in [0.05, 0.1) is 31.5 Å². The number of nitrogens with one attached hydrogen (secondary N) is 1. The van der Waals surface area contributed by atoms with Crippen molar-refractivity contribution in [2.24, 2.45) is 0 Å². The van der Waals surface area contributed by atoms with Crippen LogP contribution in [0.15, 0.2) is 36.4 Å². The van der Waals surface area contributed by atoms with Crippen LogP contribution in [0.1, 0.15) is 11.1 Å². The van der Waals surface area contributed by atoms with Crippen LogP contribution in [0.3, 0.4) is 0 Å². The number of benzene rings is 2. The average Bonchev–Trinajstić information content (AvgIpc) is 2.53. The lowest BCUT2D eigenvalue weighted by Gasteiger charge is -2.11. The number of anilines is 1. The summed E-state index contributed by atoms with van der Waals surface area (Å²) < 4.78 is 24.1. The molecule has 0 aliphatic heterocycles. The Balaban J connectivity index is 2.11. The maximum Gasteiger partial charge on any atom is 0.161 e. The van der Waals surface area contributed by atoms with Crippen LogP contribution in [0.25, 0.3) is 0 Å². The first-order chi connectivity index (χ1) is 10.2. The standard InChI is InChI=1S/C16H15FN2O2/c1-20-15-6-4-12(8-16(15)21-2)10-19-14-5-3-11(9-18)7-13(14)17/h3-8,19H,10H2,1-2H3. The lowest BCUT2D eigenvalue weighted by Crippen LogP contribution is -2.02. The quantitative estimate of drug-likeness (QED) is 0.916. The van der Waals surface area contributed by atoms with Gasteiger partial charge < -0.3 is 14.8 Å². The smallest absolute Gasteiger partial charge is 0.161 e. The van der Waals surface area contributed by atoms with Crippen LogP contribution in [0.2, 0.25) is 0 Å². The molecule has 0 heterocycles. The Hall–Kier alpha value is -2.74. The molecule has 0 fully saturated rings. The maximum absolute atomic E-state index is 13.7. The van der Waals surface area contributed by atoms with E-state index in [0.29, 0.717) is 29.3 Å². The summed E-state index contributed by atoms with van der Waals surface area (Å²) in [6, 6.07) is 11.7. The van der Waals surface area contributed by atoms with Crippen molar-refractivity contribution in [3.05, 3.63) is 53.3 Å². The second-order valence-electron chi connectivity index (χ2n) is 4.35. The number of hydrogen-bond donors (Lipinski definition) is 1. The number of rotatable bonds is 5. The summed E-state index contributed by atoms with van der Waals surface area (Å²) in [7, 11) is 3.14. The van der Waals surface area contributed by atoms with E-state index in [2.05, 4.69) is 5.32 Å². The topological polar surface area (TPSA) is 54.3 Å². The Morgan fingerprint density at radius 1 is 1.10 bits per heavy atom. The number of halogens is 1. The van der Waals surface area contributed by atoms with Crippen LogP contribution >= 0.6 is 0 Å². The first-order valence-electron chi connectivity index (χ1n) is 6.32. The molecule has 2 aromatic rings. The molecule has 21 heavy (non-hydrogen) atoms. The molecular formula is C16H15FN2O2. The molecule has 0 aliphatic carbocycles. The van der Waals surface area contributed by atoms with E-state index in [4.69, 9.17) is 14.7 Å². The van der Waals surface area contributed by atoms with Crippen molar-refractivity contribution in [1.29, 1.82) is 5.26 Å². The van der Waals surface area contributed by atoms with Crippen molar-refractivity contribution in [3.8, 4) is 17.6 Å². The third kappa shape index (κ3) is 3.42. The number of methoxy groups -OCH3 is 2. The molecule has 0 amide bonds. The van der Waals surface area contributed by atoms with Gasteiger partial charge in [0.2, 0.25) is 0 Å². The van der Waals surface area contributed by atoms with Crippen LogP contribution in [0, 0.1) is 17.1 Å². The minimum atomic E-state index is -0.450. The zero-order valence-electron chi connectivity index (χ0n) is 11.8. The number of ether oxygens (including phenoxy) is 2. The summed E-state index contributed by atoms with van der Waals surface area (Å²) in [4.78, 5) is 0. The highest BCUT2D eigenvalue weighted by atomic mass is 19.1. The van der Waals surface area contributed by atoms with Gasteiger partial charge >= 0.3 is 0 Å². The Morgan fingerprint density at radius 2 is 1.86 bits per heavy atom. The van der Waals surface area contributed by atoms with Gasteiger partial charge in [-0.3, -0.25) is 0 Å². The van der Waals surface area contributed by atoms with E-state index in [9.17, 15) is 4.39 Å². The summed E-state index contributed by atoms with van der Waals surface area (Å²) in [5.41, 5.74) is 1.57.